The molecule has 2 unspecified atom stereocenters. The van der Waals surface area contributed by atoms with E-state index in [0.29, 0.717) is 5.76 Å². The van der Waals surface area contributed by atoms with Gasteiger partial charge in [0.25, 0.3) is 5.91 Å². The molecule has 0 bridgehead atoms. The standard InChI is InChI=1S/C20H28BN3O6/c1-5-7-16(6-2)30-11-10-18(21(27)28)24-20(26)17(13-29-4)23-19(25)15-9-8-14(3)22-12-15/h5-9,12,17-18,27-28H,1-2,10-11,13H2,3-4H3,(H,23,25)(H,24,26)/b16-7+. The number of hydrogen-bond acceptors (Lipinski definition) is 7. The molecule has 0 fully saturated rings. The largest absolute Gasteiger partial charge is 0.494 e. The summed E-state index contributed by atoms with van der Waals surface area (Å²) < 4.78 is 10.4. The molecular weight excluding hydrogens is 389 g/mol. The number of pyridine rings is 1. The van der Waals surface area contributed by atoms with Gasteiger partial charge in [-0.2, -0.15) is 0 Å². The molecule has 1 aromatic heterocycles. The van der Waals surface area contributed by atoms with Crippen molar-refractivity contribution in [1.82, 2.24) is 15.6 Å². The maximum absolute atomic E-state index is 12.6. The van der Waals surface area contributed by atoms with Crippen LogP contribution in [0.4, 0.5) is 0 Å². The van der Waals surface area contributed by atoms with E-state index < -0.39 is 30.9 Å². The summed E-state index contributed by atoms with van der Waals surface area (Å²) in [5.41, 5.74) is 1.04. The Morgan fingerprint density at radius 2 is 2.03 bits per heavy atom. The Morgan fingerprint density at radius 3 is 2.57 bits per heavy atom. The van der Waals surface area contributed by atoms with Crippen LogP contribution in [-0.2, 0) is 14.3 Å². The SMILES string of the molecule is C=C/C=C(\C=C)OCCC(NC(=O)C(COC)NC(=O)c1ccc(C)nc1)B(O)O. The topological polar surface area (TPSA) is 130 Å². The van der Waals surface area contributed by atoms with Crippen molar-refractivity contribution in [2.75, 3.05) is 20.3 Å². The summed E-state index contributed by atoms with van der Waals surface area (Å²) in [6.07, 6.45) is 6.10. The average molecular weight is 417 g/mol. The molecule has 162 valence electrons. The molecule has 0 aromatic carbocycles. The van der Waals surface area contributed by atoms with Crippen LogP contribution in [0.2, 0.25) is 0 Å². The van der Waals surface area contributed by atoms with E-state index in [1.165, 1.54) is 25.5 Å². The van der Waals surface area contributed by atoms with Gasteiger partial charge < -0.3 is 30.2 Å². The van der Waals surface area contributed by atoms with Gasteiger partial charge in [0, 0.05) is 25.4 Å². The zero-order valence-electron chi connectivity index (χ0n) is 17.2. The van der Waals surface area contributed by atoms with Gasteiger partial charge in [-0.05, 0) is 31.2 Å². The quantitative estimate of drug-likeness (QED) is 0.206. The van der Waals surface area contributed by atoms with E-state index in [9.17, 15) is 19.6 Å². The molecule has 1 aromatic rings. The third-order valence-electron chi connectivity index (χ3n) is 4.00. The monoisotopic (exact) mass is 417 g/mol. The Bertz CT molecular complexity index is 751. The maximum atomic E-state index is 12.6. The fraction of sp³-hybridized carbons (Fsp3) is 0.350. The Balaban J connectivity index is 2.73. The van der Waals surface area contributed by atoms with E-state index in [1.54, 1.807) is 25.1 Å². The second kappa shape index (κ2) is 13.3. The van der Waals surface area contributed by atoms with Gasteiger partial charge in [0.2, 0.25) is 5.91 Å². The van der Waals surface area contributed by atoms with Gasteiger partial charge >= 0.3 is 7.12 Å². The van der Waals surface area contributed by atoms with Gasteiger partial charge in [0.05, 0.1) is 24.7 Å². The highest BCUT2D eigenvalue weighted by Gasteiger charge is 2.29. The molecule has 0 aliphatic heterocycles. The molecule has 0 aliphatic rings. The number of nitrogens with one attached hydrogen (secondary N) is 2. The highest BCUT2D eigenvalue weighted by Crippen LogP contribution is 2.04. The number of hydrogen-bond donors (Lipinski definition) is 4. The van der Waals surface area contributed by atoms with Gasteiger partial charge in [-0.15, -0.1) is 0 Å². The van der Waals surface area contributed by atoms with Gasteiger partial charge in [0.1, 0.15) is 11.8 Å². The number of carbonyl (C=O) groups is 2. The first-order valence-electron chi connectivity index (χ1n) is 9.29. The van der Waals surface area contributed by atoms with Crippen LogP contribution in [0.3, 0.4) is 0 Å². The lowest BCUT2D eigenvalue weighted by molar-refractivity contribution is -0.124. The summed E-state index contributed by atoms with van der Waals surface area (Å²) in [4.78, 5) is 29.0. The maximum Gasteiger partial charge on any atom is 0.475 e. The van der Waals surface area contributed by atoms with Crippen LogP contribution in [-0.4, -0.2) is 66.3 Å². The highest BCUT2D eigenvalue weighted by molar-refractivity contribution is 6.43. The number of nitrogens with zero attached hydrogens (tertiary/aromatic N) is 1. The predicted octanol–water partition coefficient (Wildman–Crippen LogP) is 0.294. The lowest BCUT2D eigenvalue weighted by Gasteiger charge is -2.23. The van der Waals surface area contributed by atoms with Gasteiger partial charge in [0.15, 0.2) is 0 Å². The molecule has 0 spiro atoms. The number of aromatic nitrogens is 1. The second-order valence-corrected chi connectivity index (χ2v) is 6.34. The van der Waals surface area contributed by atoms with Crippen molar-refractivity contribution < 1.29 is 29.1 Å². The summed E-state index contributed by atoms with van der Waals surface area (Å²) in [6, 6.07) is 2.22. The van der Waals surface area contributed by atoms with Crippen LogP contribution in [0.5, 0.6) is 0 Å². The molecule has 1 rings (SSSR count). The van der Waals surface area contributed by atoms with Gasteiger partial charge in [-0.25, -0.2) is 0 Å². The van der Waals surface area contributed by atoms with Crippen LogP contribution in [0.15, 0.2) is 55.5 Å². The third-order valence-corrected chi connectivity index (χ3v) is 4.00. The van der Waals surface area contributed by atoms with E-state index in [0.717, 1.165) is 5.69 Å². The van der Waals surface area contributed by atoms with E-state index in [4.69, 9.17) is 9.47 Å². The smallest absolute Gasteiger partial charge is 0.475 e. The van der Waals surface area contributed by atoms with E-state index in [2.05, 4.69) is 28.8 Å². The van der Waals surface area contributed by atoms with Crippen LogP contribution in [0, 0.1) is 6.92 Å². The Labute approximate surface area is 176 Å². The molecule has 10 heteroatoms. The zero-order chi connectivity index (χ0) is 22.5. The van der Waals surface area contributed by atoms with Crippen molar-refractivity contribution in [3.05, 3.63) is 66.7 Å². The van der Waals surface area contributed by atoms with E-state index in [1.807, 2.05) is 0 Å². The van der Waals surface area contributed by atoms with Crippen molar-refractivity contribution in [3.8, 4) is 0 Å². The van der Waals surface area contributed by atoms with Gasteiger partial charge in [-0.3, -0.25) is 14.6 Å². The number of aryl methyl sites for hydroxylation is 1. The molecule has 0 saturated carbocycles. The Morgan fingerprint density at radius 1 is 1.30 bits per heavy atom. The van der Waals surface area contributed by atoms with E-state index >= 15 is 0 Å². The minimum Gasteiger partial charge on any atom is -0.494 e. The molecule has 30 heavy (non-hydrogen) atoms. The Kier molecular flexibility index (Phi) is 11.1. The minimum atomic E-state index is -1.83. The first-order chi connectivity index (χ1) is 14.3. The lowest BCUT2D eigenvalue weighted by Crippen LogP contribution is -2.55. The molecule has 9 nitrogen and oxygen atoms in total. The summed E-state index contributed by atoms with van der Waals surface area (Å²) >= 11 is 0. The van der Waals surface area contributed by atoms with Gasteiger partial charge in [-0.1, -0.05) is 19.2 Å². The molecular formula is C20H28BN3O6. The van der Waals surface area contributed by atoms with Crippen molar-refractivity contribution in [2.45, 2.75) is 25.3 Å². The van der Waals surface area contributed by atoms with Crippen LogP contribution < -0.4 is 10.6 Å². The summed E-state index contributed by atoms with van der Waals surface area (Å²) in [5.74, 6) is -1.70. The van der Waals surface area contributed by atoms with Crippen LogP contribution in [0.25, 0.3) is 0 Å². The van der Waals surface area contributed by atoms with Crippen molar-refractivity contribution >= 4 is 18.9 Å². The number of amides is 2. The minimum absolute atomic E-state index is 0.0879. The molecule has 0 radical (unpaired) electrons. The molecule has 1 heterocycles. The molecule has 4 N–H and O–H groups in total. The zero-order valence-corrected chi connectivity index (χ0v) is 17.2. The van der Waals surface area contributed by atoms with E-state index in [-0.39, 0.29) is 25.2 Å². The summed E-state index contributed by atoms with van der Waals surface area (Å²) in [7, 11) is -0.442. The third kappa shape index (κ3) is 8.60. The average Bonchev–Trinajstić information content (AvgIpc) is 2.72. The summed E-state index contributed by atoms with van der Waals surface area (Å²) in [6.45, 7) is 8.92. The van der Waals surface area contributed by atoms with Crippen molar-refractivity contribution in [3.63, 3.8) is 0 Å². The lowest BCUT2D eigenvalue weighted by atomic mass is 9.77. The normalized spacial score (nSPS) is 13.0. The number of carbonyl (C=O) groups excluding carboxylic acids is 2. The van der Waals surface area contributed by atoms with Crippen LogP contribution >= 0.6 is 0 Å². The summed E-state index contributed by atoms with van der Waals surface area (Å²) in [5, 5.41) is 24.2. The fourth-order valence-electron chi connectivity index (χ4n) is 2.37. The number of rotatable bonds is 13. The van der Waals surface area contributed by atoms with Crippen LogP contribution in [0.1, 0.15) is 22.5 Å². The number of methoxy groups -OCH3 is 1. The number of allylic oxidation sites excluding steroid dienone is 3. The predicted molar refractivity (Wildman–Crippen MR) is 113 cm³/mol. The first kappa shape index (κ1) is 25.1. The molecule has 0 aliphatic carbocycles. The molecule has 0 saturated heterocycles. The van der Waals surface area contributed by atoms with Crippen molar-refractivity contribution in [1.29, 1.82) is 0 Å². The highest BCUT2D eigenvalue weighted by atomic mass is 16.5. The second-order valence-electron chi connectivity index (χ2n) is 6.34. The molecule has 2 atom stereocenters. The fourth-order valence-corrected chi connectivity index (χ4v) is 2.37. The number of ether oxygens (including phenoxy) is 2. The Hall–Kier alpha value is -2.95. The molecule has 2 amide bonds. The van der Waals surface area contributed by atoms with Crippen molar-refractivity contribution in [2.24, 2.45) is 0 Å². The first-order valence-corrected chi connectivity index (χ1v) is 9.29.